The number of aromatic hydroxyl groups is 3. The molecule has 0 aliphatic heterocycles. The molecule has 0 radical (unpaired) electrons. The molecular formula is C30H22O10. The Morgan fingerprint density at radius 1 is 0.825 bits per heavy atom. The minimum absolute atomic E-state index is 0.0314. The number of aromatic carboxylic acids is 1. The van der Waals surface area contributed by atoms with Crippen LogP contribution in [0.3, 0.4) is 0 Å². The first-order chi connectivity index (χ1) is 19.2. The fraction of sp³-hybridized carbons (Fsp3) is 0.100. The highest BCUT2D eigenvalue weighted by Gasteiger charge is 2.33. The van der Waals surface area contributed by atoms with Gasteiger partial charge in [0, 0.05) is 17.2 Å². The van der Waals surface area contributed by atoms with Crippen LogP contribution in [0, 0.1) is 0 Å². The largest absolute Gasteiger partial charge is 0.504 e. The Kier molecular flexibility index (Phi) is 6.75. The van der Waals surface area contributed by atoms with E-state index in [1.165, 1.54) is 25.3 Å². The zero-order valence-corrected chi connectivity index (χ0v) is 21.0. The smallest absolute Gasteiger partial charge is 0.335 e. The number of hydrogen-bond acceptors (Lipinski definition) is 9. The van der Waals surface area contributed by atoms with Crippen LogP contribution in [0.2, 0.25) is 0 Å². The molecular weight excluding hydrogens is 520 g/mol. The number of fused-ring (bicyclic) bond motifs is 1. The molecule has 4 N–H and O–H groups in total. The number of carbonyl (C=O) groups is 2. The van der Waals surface area contributed by atoms with Gasteiger partial charge in [-0.2, -0.15) is 0 Å². The molecule has 10 heteroatoms. The molecule has 2 aromatic heterocycles. The maximum absolute atomic E-state index is 13.1. The Labute approximate surface area is 225 Å². The van der Waals surface area contributed by atoms with Gasteiger partial charge in [0.1, 0.15) is 28.2 Å². The topological polar surface area (TPSA) is 168 Å². The van der Waals surface area contributed by atoms with E-state index in [-0.39, 0.29) is 34.0 Å². The quantitative estimate of drug-likeness (QED) is 0.158. The van der Waals surface area contributed by atoms with Gasteiger partial charge in [-0.05, 0) is 24.3 Å². The van der Waals surface area contributed by atoms with E-state index in [1.54, 1.807) is 48.5 Å². The minimum Gasteiger partial charge on any atom is -0.504 e. The van der Waals surface area contributed by atoms with E-state index < -0.39 is 52.3 Å². The highest BCUT2D eigenvalue weighted by molar-refractivity contribution is 5.94. The molecule has 0 spiro atoms. The van der Waals surface area contributed by atoms with Crippen molar-refractivity contribution in [2.75, 3.05) is 7.11 Å². The van der Waals surface area contributed by atoms with E-state index in [9.17, 15) is 34.8 Å². The first kappa shape index (κ1) is 26.1. The Morgan fingerprint density at radius 2 is 1.55 bits per heavy atom. The number of carbonyl (C=O) groups excluding carboxylic acids is 1. The third kappa shape index (κ3) is 4.62. The van der Waals surface area contributed by atoms with Crippen LogP contribution in [0.15, 0.2) is 86.4 Å². The molecule has 0 amide bonds. The summed E-state index contributed by atoms with van der Waals surface area (Å²) in [7, 11) is 1.17. The number of esters is 1. The minimum atomic E-state index is -1.16. The number of hydrogen-bond donors (Lipinski definition) is 4. The lowest BCUT2D eigenvalue weighted by Gasteiger charge is -2.19. The van der Waals surface area contributed by atoms with E-state index in [2.05, 4.69) is 0 Å². The summed E-state index contributed by atoms with van der Waals surface area (Å²) in [5.41, 5.74) is -0.156. The van der Waals surface area contributed by atoms with E-state index in [4.69, 9.17) is 13.6 Å². The van der Waals surface area contributed by atoms with E-state index in [0.29, 0.717) is 11.1 Å². The summed E-state index contributed by atoms with van der Waals surface area (Å²) >= 11 is 0. The molecule has 202 valence electrons. The Balaban J connectivity index is 1.76. The van der Waals surface area contributed by atoms with Gasteiger partial charge in [-0.1, -0.05) is 42.5 Å². The fourth-order valence-corrected chi connectivity index (χ4v) is 4.54. The second kappa shape index (κ2) is 10.3. The van der Waals surface area contributed by atoms with Crippen LogP contribution in [0.4, 0.5) is 0 Å². The molecule has 0 aliphatic carbocycles. The number of rotatable bonds is 7. The maximum Gasteiger partial charge on any atom is 0.335 e. The molecule has 1 atom stereocenters. The number of phenols is 3. The van der Waals surface area contributed by atoms with Crippen molar-refractivity contribution in [3.05, 3.63) is 99.9 Å². The van der Waals surface area contributed by atoms with Crippen LogP contribution in [-0.4, -0.2) is 39.5 Å². The lowest BCUT2D eigenvalue weighted by molar-refractivity contribution is -0.140. The molecule has 0 saturated heterocycles. The average molecular weight is 542 g/mol. The first-order valence-electron chi connectivity index (χ1n) is 12.0. The normalized spacial score (nSPS) is 11.8. The van der Waals surface area contributed by atoms with Gasteiger partial charge in [0.25, 0.3) is 0 Å². The predicted octanol–water partition coefficient (Wildman–Crippen LogP) is 5.23. The summed E-state index contributed by atoms with van der Waals surface area (Å²) in [4.78, 5) is 37.1. The third-order valence-corrected chi connectivity index (χ3v) is 6.50. The molecule has 0 unspecified atom stereocenters. The number of benzene rings is 3. The summed E-state index contributed by atoms with van der Waals surface area (Å²) < 4.78 is 16.9. The van der Waals surface area contributed by atoms with Crippen LogP contribution in [0.5, 0.6) is 17.2 Å². The van der Waals surface area contributed by atoms with Gasteiger partial charge in [0.2, 0.25) is 5.75 Å². The van der Waals surface area contributed by atoms with Crippen molar-refractivity contribution in [1.82, 2.24) is 0 Å². The van der Waals surface area contributed by atoms with Gasteiger partial charge >= 0.3 is 11.9 Å². The SMILES string of the molecule is COC(=O)C[C@H](c1ccc(-c2cccc(C(=O)O)c2)o1)c1c(O)c(O)c(O)c2c(=O)cc(-c3ccccc3)oc12. The van der Waals surface area contributed by atoms with Crippen molar-refractivity contribution in [1.29, 1.82) is 0 Å². The molecule has 40 heavy (non-hydrogen) atoms. The molecule has 0 aliphatic rings. The van der Waals surface area contributed by atoms with Gasteiger partial charge in [0.05, 0.1) is 30.6 Å². The zero-order valence-electron chi connectivity index (χ0n) is 21.0. The summed E-state index contributed by atoms with van der Waals surface area (Å²) in [6.45, 7) is 0. The lowest BCUT2D eigenvalue weighted by Crippen LogP contribution is -2.12. The molecule has 0 bridgehead atoms. The Hall–Kier alpha value is -5.51. The van der Waals surface area contributed by atoms with Crippen molar-refractivity contribution in [2.45, 2.75) is 12.3 Å². The van der Waals surface area contributed by atoms with Crippen molar-refractivity contribution >= 4 is 22.9 Å². The summed E-state index contributed by atoms with van der Waals surface area (Å²) in [5.74, 6) is -5.20. The van der Waals surface area contributed by atoms with Crippen molar-refractivity contribution in [3.8, 4) is 39.9 Å². The number of carboxylic acid groups (broad SMARTS) is 1. The van der Waals surface area contributed by atoms with Crippen LogP contribution < -0.4 is 5.43 Å². The average Bonchev–Trinajstić information content (AvgIpc) is 3.46. The second-order valence-corrected chi connectivity index (χ2v) is 8.93. The van der Waals surface area contributed by atoms with E-state index in [1.807, 2.05) is 0 Å². The maximum atomic E-state index is 13.1. The van der Waals surface area contributed by atoms with Crippen LogP contribution >= 0.6 is 0 Å². The number of ether oxygens (including phenoxy) is 1. The molecule has 3 aromatic carbocycles. The number of furan rings is 1. The third-order valence-electron chi connectivity index (χ3n) is 6.50. The van der Waals surface area contributed by atoms with E-state index >= 15 is 0 Å². The molecule has 0 saturated carbocycles. The van der Waals surface area contributed by atoms with Gasteiger partial charge in [-0.3, -0.25) is 9.59 Å². The summed E-state index contributed by atoms with van der Waals surface area (Å²) in [6, 6.07) is 18.8. The molecule has 0 fully saturated rings. The fourth-order valence-electron chi connectivity index (χ4n) is 4.54. The molecule has 5 rings (SSSR count). The summed E-state index contributed by atoms with van der Waals surface area (Å²) in [6.07, 6.45) is -0.412. The molecule has 10 nitrogen and oxygen atoms in total. The molecule has 5 aromatic rings. The van der Waals surface area contributed by atoms with E-state index in [0.717, 1.165) is 6.07 Å². The number of methoxy groups -OCH3 is 1. The molecule has 2 heterocycles. The lowest BCUT2D eigenvalue weighted by atomic mass is 9.90. The van der Waals surface area contributed by atoms with Gasteiger partial charge in [-0.15, -0.1) is 0 Å². The first-order valence-corrected chi connectivity index (χ1v) is 12.0. The van der Waals surface area contributed by atoms with Crippen molar-refractivity contribution in [3.63, 3.8) is 0 Å². The standard InChI is InChI=1S/C30H22O10/c1-38-23(32)13-18(21-11-10-20(39-21)16-8-5-9-17(12-16)30(36)37)24-26(33)28(35)27(34)25-19(31)14-22(40-29(24)25)15-6-3-2-4-7-15/h2-12,14,18,33-35H,13H2,1H3,(H,36,37)/t18-/m1/s1. The van der Waals surface area contributed by atoms with Crippen LogP contribution in [0.1, 0.15) is 34.0 Å². The highest BCUT2D eigenvalue weighted by Crippen LogP contribution is 2.49. The van der Waals surface area contributed by atoms with Crippen LogP contribution in [-0.2, 0) is 9.53 Å². The Morgan fingerprint density at radius 3 is 2.25 bits per heavy atom. The summed E-state index contributed by atoms with van der Waals surface area (Å²) in [5, 5.41) is 41.1. The van der Waals surface area contributed by atoms with Crippen molar-refractivity contribution < 1.29 is 43.6 Å². The Bertz CT molecular complexity index is 1810. The van der Waals surface area contributed by atoms with Crippen LogP contribution in [0.25, 0.3) is 33.6 Å². The predicted molar refractivity (Wildman–Crippen MR) is 142 cm³/mol. The number of carboxylic acids is 1. The second-order valence-electron chi connectivity index (χ2n) is 8.93. The monoisotopic (exact) mass is 542 g/mol. The van der Waals surface area contributed by atoms with Gasteiger partial charge in [-0.25, -0.2) is 4.79 Å². The van der Waals surface area contributed by atoms with Gasteiger partial charge in [0.15, 0.2) is 16.9 Å². The van der Waals surface area contributed by atoms with Crippen molar-refractivity contribution in [2.24, 2.45) is 0 Å². The zero-order chi connectivity index (χ0) is 28.6. The van der Waals surface area contributed by atoms with Gasteiger partial charge < -0.3 is 34.0 Å². The number of phenolic OH excluding ortho intramolecular Hbond substituents is 3. The highest BCUT2D eigenvalue weighted by atomic mass is 16.5.